The Morgan fingerprint density at radius 2 is 0.875 bits per heavy atom. The molecule has 0 rings (SSSR count). The third-order valence-electron chi connectivity index (χ3n) is 6.35. The van der Waals surface area contributed by atoms with Crippen LogP contribution in [0, 0.1) is 0 Å². The van der Waals surface area contributed by atoms with Crippen molar-refractivity contribution in [2.24, 2.45) is 0 Å². The van der Waals surface area contributed by atoms with Crippen molar-refractivity contribution < 1.29 is 26.7 Å². The standard InChI is InChI=1S/C28H60NO2.ClH/c1-5-6-7-8-9-10-11-12-13-14-15-16-17-18-19-20-21-22-23-24-27-31-28(30)25-26-29(2,3)4;/h28,30H,5-27H2,1-4H3;1H/q+1;/p-1. The summed E-state index contributed by atoms with van der Waals surface area (Å²) < 4.78 is 6.39. The predicted molar refractivity (Wildman–Crippen MR) is 137 cm³/mol. The quantitative estimate of drug-likeness (QED) is 0.111. The smallest absolute Gasteiger partial charge is 0.159 e. The van der Waals surface area contributed by atoms with Gasteiger partial charge in [0.25, 0.3) is 0 Å². The van der Waals surface area contributed by atoms with E-state index < -0.39 is 6.29 Å². The van der Waals surface area contributed by atoms with Crippen LogP contribution >= 0.6 is 0 Å². The number of rotatable bonds is 25. The van der Waals surface area contributed by atoms with Gasteiger partial charge in [-0.25, -0.2) is 0 Å². The summed E-state index contributed by atoms with van der Waals surface area (Å²) in [7, 11) is 6.43. The van der Waals surface area contributed by atoms with Gasteiger partial charge < -0.3 is 26.7 Å². The summed E-state index contributed by atoms with van der Waals surface area (Å²) in [6.45, 7) is 3.94. The Bertz CT molecular complexity index is 347. The van der Waals surface area contributed by atoms with Gasteiger partial charge in [0.2, 0.25) is 0 Å². The van der Waals surface area contributed by atoms with Gasteiger partial charge in [-0.15, -0.1) is 0 Å². The van der Waals surface area contributed by atoms with E-state index in [-0.39, 0.29) is 12.4 Å². The van der Waals surface area contributed by atoms with Crippen LogP contribution in [-0.4, -0.2) is 50.2 Å². The third-order valence-corrected chi connectivity index (χ3v) is 6.35. The van der Waals surface area contributed by atoms with E-state index in [1.807, 2.05) is 0 Å². The Hall–Kier alpha value is 0.170. The first-order valence-corrected chi connectivity index (χ1v) is 14.1. The number of aliphatic hydroxyl groups is 1. The summed E-state index contributed by atoms with van der Waals surface area (Å²) in [6.07, 6.45) is 28.2. The lowest BCUT2D eigenvalue weighted by atomic mass is 10.0. The van der Waals surface area contributed by atoms with E-state index in [2.05, 4.69) is 28.1 Å². The number of unbranched alkanes of at least 4 members (excludes halogenated alkanes) is 19. The second-order valence-corrected chi connectivity index (χ2v) is 10.8. The van der Waals surface area contributed by atoms with Crippen LogP contribution in [0.3, 0.4) is 0 Å². The van der Waals surface area contributed by atoms with Gasteiger partial charge in [-0.1, -0.05) is 129 Å². The van der Waals surface area contributed by atoms with E-state index in [0.717, 1.165) is 23.9 Å². The number of halogens is 1. The topological polar surface area (TPSA) is 29.5 Å². The minimum atomic E-state index is -0.585. The van der Waals surface area contributed by atoms with E-state index in [0.29, 0.717) is 6.61 Å². The van der Waals surface area contributed by atoms with Gasteiger partial charge in [-0.3, -0.25) is 0 Å². The lowest BCUT2D eigenvalue weighted by Crippen LogP contribution is -3.00. The Kier molecular flexibility index (Phi) is 27.7. The monoisotopic (exact) mass is 477 g/mol. The van der Waals surface area contributed by atoms with Crippen LogP contribution in [0.1, 0.15) is 142 Å². The van der Waals surface area contributed by atoms with Crippen LogP contribution in [0.25, 0.3) is 0 Å². The lowest BCUT2D eigenvalue weighted by molar-refractivity contribution is -0.871. The molecule has 0 amide bonds. The summed E-state index contributed by atoms with van der Waals surface area (Å²) in [5.74, 6) is 0. The normalized spacial score (nSPS) is 12.7. The highest BCUT2D eigenvalue weighted by Gasteiger charge is 2.11. The average molecular weight is 478 g/mol. The van der Waals surface area contributed by atoms with Crippen LogP contribution in [-0.2, 0) is 4.74 Å². The SMILES string of the molecule is CCCCCCCCCCCCCCCCCCCCCCOC(O)CC[N+](C)(C)C.[Cl-]. The van der Waals surface area contributed by atoms with Gasteiger partial charge >= 0.3 is 0 Å². The molecule has 196 valence electrons. The van der Waals surface area contributed by atoms with Crippen LogP contribution in [0.2, 0.25) is 0 Å². The lowest BCUT2D eigenvalue weighted by Gasteiger charge is -2.25. The van der Waals surface area contributed by atoms with Gasteiger partial charge in [-0.2, -0.15) is 0 Å². The molecule has 3 nitrogen and oxygen atoms in total. The molecule has 1 atom stereocenters. The molecule has 0 aromatic heterocycles. The fourth-order valence-corrected chi connectivity index (χ4v) is 4.16. The molecular weight excluding hydrogens is 418 g/mol. The molecule has 0 bridgehead atoms. The van der Waals surface area contributed by atoms with Crippen LogP contribution < -0.4 is 12.4 Å². The Labute approximate surface area is 209 Å². The van der Waals surface area contributed by atoms with Crippen LogP contribution in [0.4, 0.5) is 0 Å². The molecule has 0 aliphatic heterocycles. The van der Waals surface area contributed by atoms with Crippen LogP contribution in [0.15, 0.2) is 0 Å². The molecule has 0 fully saturated rings. The minimum Gasteiger partial charge on any atom is -1.00 e. The van der Waals surface area contributed by atoms with Crippen molar-refractivity contribution in [3.05, 3.63) is 0 Å². The molecule has 0 saturated heterocycles. The predicted octanol–water partition coefficient (Wildman–Crippen LogP) is 5.24. The summed E-state index contributed by atoms with van der Waals surface area (Å²) in [5, 5.41) is 9.84. The van der Waals surface area contributed by atoms with Crippen molar-refractivity contribution in [2.75, 3.05) is 34.3 Å². The first-order valence-electron chi connectivity index (χ1n) is 14.1. The van der Waals surface area contributed by atoms with Crippen molar-refractivity contribution in [1.82, 2.24) is 0 Å². The molecule has 0 aliphatic carbocycles. The fraction of sp³-hybridized carbons (Fsp3) is 1.00. The zero-order chi connectivity index (χ0) is 23.0. The Balaban J connectivity index is 0. The zero-order valence-electron chi connectivity index (χ0n) is 22.5. The van der Waals surface area contributed by atoms with Crippen molar-refractivity contribution in [2.45, 2.75) is 148 Å². The highest BCUT2D eigenvalue weighted by molar-refractivity contribution is 4.51. The highest BCUT2D eigenvalue weighted by atomic mass is 35.5. The highest BCUT2D eigenvalue weighted by Crippen LogP contribution is 2.15. The maximum absolute atomic E-state index is 9.84. The molecule has 1 N–H and O–H groups in total. The molecule has 0 heterocycles. The van der Waals surface area contributed by atoms with Crippen molar-refractivity contribution >= 4 is 0 Å². The first-order chi connectivity index (χ1) is 15.0. The zero-order valence-corrected chi connectivity index (χ0v) is 23.3. The average Bonchev–Trinajstić information content (AvgIpc) is 2.73. The van der Waals surface area contributed by atoms with Gasteiger partial charge in [0.1, 0.15) is 0 Å². The number of hydrogen-bond donors (Lipinski definition) is 1. The number of aliphatic hydroxyl groups excluding tert-OH is 1. The number of hydrogen-bond acceptors (Lipinski definition) is 2. The first kappa shape index (κ1) is 34.3. The molecule has 4 heteroatoms. The maximum atomic E-state index is 9.84. The van der Waals surface area contributed by atoms with E-state index in [1.54, 1.807) is 0 Å². The number of ether oxygens (including phenoxy) is 1. The molecule has 0 aromatic rings. The minimum absolute atomic E-state index is 0. The second kappa shape index (κ2) is 25.8. The Morgan fingerprint density at radius 1 is 0.562 bits per heavy atom. The molecule has 32 heavy (non-hydrogen) atoms. The van der Waals surface area contributed by atoms with Gasteiger partial charge in [0.15, 0.2) is 6.29 Å². The van der Waals surface area contributed by atoms with Crippen LogP contribution in [0.5, 0.6) is 0 Å². The summed E-state index contributed by atoms with van der Waals surface area (Å²) in [6, 6.07) is 0. The van der Waals surface area contributed by atoms with Crippen molar-refractivity contribution in [1.29, 1.82) is 0 Å². The Morgan fingerprint density at radius 3 is 1.19 bits per heavy atom. The molecule has 0 radical (unpaired) electrons. The molecule has 1 unspecified atom stereocenters. The van der Waals surface area contributed by atoms with Crippen molar-refractivity contribution in [3.63, 3.8) is 0 Å². The maximum Gasteiger partial charge on any atom is 0.159 e. The summed E-state index contributed by atoms with van der Waals surface area (Å²) >= 11 is 0. The molecule has 0 spiro atoms. The van der Waals surface area contributed by atoms with Gasteiger partial charge in [0.05, 0.1) is 27.7 Å². The number of quaternary nitrogens is 1. The molecule has 0 aliphatic rings. The van der Waals surface area contributed by atoms with Crippen molar-refractivity contribution in [3.8, 4) is 0 Å². The molecular formula is C28H60ClNO2. The summed E-state index contributed by atoms with van der Waals surface area (Å²) in [5.41, 5.74) is 0. The molecule has 0 aromatic carbocycles. The van der Waals surface area contributed by atoms with E-state index in [9.17, 15) is 5.11 Å². The van der Waals surface area contributed by atoms with E-state index >= 15 is 0 Å². The van der Waals surface area contributed by atoms with E-state index in [1.165, 1.54) is 122 Å². The summed E-state index contributed by atoms with van der Waals surface area (Å²) in [4.78, 5) is 0. The van der Waals surface area contributed by atoms with E-state index in [4.69, 9.17) is 4.74 Å². The second-order valence-electron chi connectivity index (χ2n) is 10.8. The third kappa shape index (κ3) is 30.2. The fourth-order valence-electron chi connectivity index (χ4n) is 4.16. The number of nitrogens with zero attached hydrogens (tertiary/aromatic N) is 1. The van der Waals surface area contributed by atoms with Gasteiger partial charge in [0, 0.05) is 13.0 Å². The molecule has 0 saturated carbocycles. The largest absolute Gasteiger partial charge is 1.00 e. The van der Waals surface area contributed by atoms with Gasteiger partial charge in [-0.05, 0) is 6.42 Å².